The van der Waals surface area contributed by atoms with E-state index in [0.717, 1.165) is 29.3 Å². The fraction of sp³-hybridized carbons (Fsp3) is 0.706. The number of rotatable bonds is 3. The first-order valence-corrected chi connectivity index (χ1v) is 9.19. The molecule has 0 bridgehead atoms. The monoisotopic (exact) mass is 320 g/mol. The third kappa shape index (κ3) is 2.59. The average molecular weight is 320 g/mol. The van der Waals surface area contributed by atoms with E-state index >= 15 is 0 Å². The molecule has 4 nitrogen and oxygen atoms in total. The van der Waals surface area contributed by atoms with Crippen molar-refractivity contribution >= 4 is 17.3 Å². The molecule has 0 N–H and O–H groups in total. The average Bonchev–Trinajstić information content (AvgIpc) is 3.21. The van der Waals surface area contributed by atoms with E-state index in [0.29, 0.717) is 0 Å². The maximum absolute atomic E-state index is 11.6. The number of ether oxygens (including phenoxy) is 1. The number of piperidine rings is 1. The normalized spacial score (nSPS) is 32.0. The summed E-state index contributed by atoms with van der Waals surface area (Å²) in [6.07, 6.45) is 4.21. The van der Waals surface area contributed by atoms with Crippen LogP contribution in [-0.4, -0.2) is 55.1 Å². The van der Waals surface area contributed by atoms with Crippen molar-refractivity contribution in [2.45, 2.75) is 31.8 Å². The number of esters is 1. The Kier molecular flexibility index (Phi) is 3.96. The van der Waals surface area contributed by atoms with Gasteiger partial charge in [0.15, 0.2) is 0 Å². The van der Waals surface area contributed by atoms with Gasteiger partial charge in [0.05, 0.1) is 7.11 Å². The van der Waals surface area contributed by atoms with Crippen LogP contribution < -0.4 is 0 Å². The Balaban J connectivity index is 1.38. The Hall–Kier alpha value is -0.910. The fourth-order valence-electron chi connectivity index (χ4n) is 4.67. The molecular weight excluding hydrogens is 296 g/mol. The fourth-order valence-corrected chi connectivity index (χ4v) is 5.64. The largest absolute Gasteiger partial charge is 0.465 e. The van der Waals surface area contributed by atoms with Crippen LogP contribution in [0.1, 0.15) is 33.8 Å². The Morgan fingerprint density at radius 2 is 2.23 bits per heavy atom. The van der Waals surface area contributed by atoms with Gasteiger partial charge < -0.3 is 4.74 Å². The topological polar surface area (TPSA) is 32.8 Å². The molecule has 4 heterocycles. The van der Waals surface area contributed by atoms with Crippen molar-refractivity contribution in [1.29, 1.82) is 0 Å². The molecular formula is C17H24N2O2S. The van der Waals surface area contributed by atoms with E-state index in [1.807, 2.05) is 6.07 Å². The number of carbonyl (C=O) groups excluding carboxylic acids is 1. The predicted octanol–water partition coefficient (Wildman–Crippen LogP) is 2.45. The van der Waals surface area contributed by atoms with Gasteiger partial charge >= 0.3 is 5.97 Å². The molecule has 0 amide bonds. The van der Waals surface area contributed by atoms with E-state index < -0.39 is 0 Å². The number of carbonyl (C=O) groups is 1. The van der Waals surface area contributed by atoms with Crippen LogP contribution in [0.15, 0.2) is 12.1 Å². The van der Waals surface area contributed by atoms with Crippen LogP contribution >= 0.6 is 11.3 Å². The molecule has 1 aromatic rings. The molecule has 3 fully saturated rings. The summed E-state index contributed by atoms with van der Waals surface area (Å²) in [6, 6.07) is 4.82. The van der Waals surface area contributed by atoms with Gasteiger partial charge in [-0.1, -0.05) is 6.42 Å². The van der Waals surface area contributed by atoms with Gasteiger partial charge in [0.25, 0.3) is 0 Å². The van der Waals surface area contributed by atoms with Crippen LogP contribution in [0.4, 0.5) is 0 Å². The van der Waals surface area contributed by atoms with Gasteiger partial charge in [-0.2, -0.15) is 0 Å². The Labute approximate surface area is 136 Å². The molecule has 0 radical (unpaired) electrons. The lowest BCUT2D eigenvalue weighted by molar-refractivity contribution is 0.0606. The minimum atomic E-state index is -0.215. The van der Waals surface area contributed by atoms with Crippen LogP contribution in [0.2, 0.25) is 0 Å². The summed E-state index contributed by atoms with van der Waals surface area (Å²) in [5.41, 5.74) is 0. The van der Waals surface area contributed by atoms with Crippen LogP contribution in [0, 0.1) is 11.8 Å². The number of nitrogens with zero attached hydrogens (tertiary/aromatic N) is 2. The van der Waals surface area contributed by atoms with Gasteiger partial charge in [0.2, 0.25) is 0 Å². The van der Waals surface area contributed by atoms with E-state index in [1.165, 1.54) is 57.4 Å². The summed E-state index contributed by atoms with van der Waals surface area (Å²) in [4.78, 5) is 18.9. The number of hydrogen-bond donors (Lipinski definition) is 0. The minimum Gasteiger partial charge on any atom is -0.465 e. The Morgan fingerprint density at radius 1 is 1.32 bits per heavy atom. The standard InChI is InChI=1S/C17H24N2O2S/c1-21-17(20)16-6-5-13(22-16)10-18-8-12-9-19-7-3-2-4-15(19)14(12)11-18/h5-6,12,14-15H,2-4,7-11H2,1H3/t12-,14-,15+/m1/s1. The molecule has 0 aromatic carbocycles. The molecule has 4 rings (SSSR count). The maximum atomic E-state index is 11.6. The lowest BCUT2D eigenvalue weighted by Gasteiger charge is -2.33. The second-order valence-corrected chi connectivity index (χ2v) is 8.10. The summed E-state index contributed by atoms with van der Waals surface area (Å²) >= 11 is 1.58. The number of fused-ring (bicyclic) bond motifs is 3. The van der Waals surface area contributed by atoms with Gasteiger partial charge in [-0.3, -0.25) is 9.80 Å². The zero-order valence-electron chi connectivity index (χ0n) is 13.2. The molecule has 3 atom stereocenters. The lowest BCUT2D eigenvalue weighted by atomic mass is 9.90. The first-order valence-electron chi connectivity index (χ1n) is 8.38. The van der Waals surface area contributed by atoms with Gasteiger partial charge in [0.1, 0.15) is 4.88 Å². The number of methoxy groups -OCH3 is 1. The molecule has 1 aromatic heterocycles. The van der Waals surface area contributed by atoms with Crippen molar-refractivity contribution in [2.24, 2.45) is 11.8 Å². The first kappa shape index (κ1) is 14.7. The van der Waals surface area contributed by atoms with E-state index in [1.54, 1.807) is 11.3 Å². The maximum Gasteiger partial charge on any atom is 0.348 e. The van der Waals surface area contributed by atoms with E-state index in [9.17, 15) is 4.79 Å². The highest BCUT2D eigenvalue weighted by Gasteiger charge is 2.46. The van der Waals surface area contributed by atoms with Gasteiger partial charge in [-0.05, 0) is 43.4 Å². The highest BCUT2D eigenvalue weighted by Crippen LogP contribution is 2.40. The molecule has 0 spiro atoms. The third-order valence-electron chi connectivity index (χ3n) is 5.62. The first-order chi connectivity index (χ1) is 10.7. The van der Waals surface area contributed by atoms with Crippen molar-refractivity contribution in [3.63, 3.8) is 0 Å². The number of thiophene rings is 1. The molecule has 0 unspecified atom stereocenters. The lowest BCUT2D eigenvalue weighted by Crippen LogP contribution is -2.39. The Bertz CT molecular complexity index is 559. The quantitative estimate of drug-likeness (QED) is 0.801. The van der Waals surface area contributed by atoms with Crippen molar-refractivity contribution in [2.75, 3.05) is 33.3 Å². The van der Waals surface area contributed by atoms with E-state index in [4.69, 9.17) is 4.74 Å². The summed E-state index contributed by atoms with van der Waals surface area (Å²) < 4.78 is 4.79. The molecule has 120 valence electrons. The molecule has 3 aliphatic rings. The van der Waals surface area contributed by atoms with E-state index in [-0.39, 0.29) is 5.97 Å². The summed E-state index contributed by atoms with van der Waals surface area (Å²) in [6.45, 7) is 6.08. The van der Waals surface area contributed by atoms with Crippen LogP contribution in [0.5, 0.6) is 0 Å². The number of likely N-dealkylation sites (tertiary alicyclic amines) is 1. The minimum absolute atomic E-state index is 0.215. The molecule has 3 saturated heterocycles. The van der Waals surface area contributed by atoms with Crippen molar-refractivity contribution in [3.8, 4) is 0 Å². The zero-order chi connectivity index (χ0) is 15.1. The highest BCUT2D eigenvalue weighted by molar-refractivity contribution is 7.13. The van der Waals surface area contributed by atoms with Crippen LogP contribution in [-0.2, 0) is 11.3 Å². The highest BCUT2D eigenvalue weighted by atomic mass is 32.1. The SMILES string of the molecule is COC(=O)c1ccc(CN2C[C@@H]3CN4CCCC[C@H]4[C@@H]3C2)s1. The smallest absolute Gasteiger partial charge is 0.348 e. The van der Waals surface area contributed by atoms with Crippen LogP contribution in [0.3, 0.4) is 0 Å². The molecule has 3 aliphatic heterocycles. The second-order valence-electron chi connectivity index (χ2n) is 6.93. The van der Waals surface area contributed by atoms with E-state index in [2.05, 4.69) is 15.9 Å². The number of hydrogen-bond acceptors (Lipinski definition) is 5. The molecule has 0 aliphatic carbocycles. The van der Waals surface area contributed by atoms with Gasteiger partial charge in [0, 0.05) is 37.1 Å². The summed E-state index contributed by atoms with van der Waals surface area (Å²) in [7, 11) is 1.44. The second kappa shape index (κ2) is 5.95. The van der Waals surface area contributed by atoms with Gasteiger partial charge in [-0.25, -0.2) is 4.79 Å². The summed E-state index contributed by atoms with van der Waals surface area (Å²) in [5.74, 6) is 1.52. The molecule has 22 heavy (non-hydrogen) atoms. The zero-order valence-corrected chi connectivity index (χ0v) is 14.0. The van der Waals surface area contributed by atoms with Crippen molar-refractivity contribution in [1.82, 2.24) is 9.80 Å². The molecule has 0 saturated carbocycles. The predicted molar refractivity (Wildman–Crippen MR) is 87.1 cm³/mol. The Morgan fingerprint density at radius 3 is 3.09 bits per heavy atom. The van der Waals surface area contributed by atoms with Crippen LogP contribution in [0.25, 0.3) is 0 Å². The third-order valence-corrected chi connectivity index (χ3v) is 6.67. The molecule has 5 heteroatoms. The van der Waals surface area contributed by atoms with Crippen molar-refractivity contribution < 1.29 is 9.53 Å². The van der Waals surface area contributed by atoms with Gasteiger partial charge in [-0.15, -0.1) is 11.3 Å². The van der Waals surface area contributed by atoms with Crippen molar-refractivity contribution in [3.05, 3.63) is 21.9 Å². The summed E-state index contributed by atoms with van der Waals surface area (Å²) in [5, 5.41) is 0.